The summed E-state index contributed by atoms with van der Waals surface area (Å²) in [7, 11) is 0. The van der Waals surface area contributed by atoms with Crippen LogP contribution in [0.3, 0.4) is 0 Å². The molecule has 2 atom stereocenters. The van der Waals surface area contributed by atoms with Crippen molar-refractivity contribution in [2.24, 2.45) is 0 Å². The summed E-state index contributed by atoms with van der Waals surface area (Å²) >= 11 is 0. The van der Waals surface area contributed by atoms with Gasteiger partial charge in [-0.15, -0.1) is 0 Å². The Balaban J connectivity index is 0.00000172. The molecule has 0 fully saturated rings. The van der Waals surface area contributed by atoms with Crippen LogP contribution >= 0.6 is 0 Å². The van der Waals surface area contributed by atoms with Gasteiger partial charge in [-0.1, -0.05) is 44.2 Å². The summed E-state index contributed by atoms with van der Waals surface area (Å²) in [6.07, 6.45) is -1.27. The lowest BCUT2D eigenvalue weighted by Crippen LogP contribution is -2.40. The van der Waals surface area contributed by atoms with E-state index in [4.69, 9.17) is 4.74 Å². The average molecular weight is 281 g/mol. The van der Waals surface area contributed by atoms with Gasteiger partial charge >= 0.3 is 6.09 Å². The van der Waals surface area contributed by atoms with Crippen molar-refractivity contribution in [1.29, 1.82) is 0 Å². The van der Waals surface area contributed by atoms with Crippen molar-refractivity contribution < 1.29 is 14.6 Å². The van der Waals surface area contributed by atoms with Crippen LogP contribution in [0, 0.1) is 0 Å². The Bertz CT molecular complexity index is 384. The third-order valence-corrected chi connectivity index (χ3v) is 2.36. The summed E-state index contributed by atoms with van der Waals surface area (Å²) in [4.78, 5) is 11.6. The average Bonchev–Trinajstić information content (AvgIpc) is 2.39. The number of carbonyl (C=O) groups excluding carboxylic acids is 1. The molecule has 1 aromatic carbocycles. The number of aliphatic hydroxyl groups is 1. The molecule has 0 bridgehead atoms. The van der Waals surface area contributed by atoms with E-state index in [-0.39, 0.29) is 0 Å². The third-order valence-electron chi connectivity index (χ3n) is 2.36. The first-order chi connectivity index (χ1) is 9.29. The smallest absolute Gasteiger partial charge is 0.407 e. The van der Waals surface area contributed by atoms with Crippen LogP contribution in [0.2, 0.25) is 0 Å². The van der Waals surface area contributed by atoms with Gasteiger partial charge in [0.15, 0.2) is 0 Å². The fourth-order valence-corrected chi connectivity index (χ4v) is 1.51. The van der Waals surface area contributed by atoms with Crippen molar-refractivity contribution in [2.75, 3.05) is 0 Å². The highest BCUT2D eigenvalue weighted by Gasteiger charge is 2.22. The number of hydrogen-bond donors (Lipinski definition) is 2. The summed E-state index contributed by atoms with van der Waals surface area (Å²) in [5.74, 6) is 0. The zero-order valence-electron chi connectivity index (χ0n) is 13.3. The molecule has 1 amide bonds. The number of carbonyl (C=O) groups is 1. The van der Waals surface area contributed by atoms with Crippen molar-refractivity contribution in [2.45, 2.75) is 59.3 Å². The summed E-state index contributed by atoms with van der Waals surface area (Å²) in [5, 5.41) is 12.7. The fourth-order valence-electron chi connectivity index (χ4n) is 1.51. The van der Waals surface area contributed by atoms with Crippen LogP contribution in [0.15, 0.2) is 30.3 Å². The maximum atomic E-state index is 11.6. The van der Waals surface area contributed by atoms with Crippen molar-refractivity contribution >= 4 is 6.09 Å². The number of amides is 1. The number of aliphatic hydroxyl groups excluding tert-OH is 1. The molecule has 4 heteroatoms. The summed E-state index contributed by atoms with van der Waals surface area (Å²) in [6, 6.07) is 8.79. The van der Waals surface area contributed by atoms with Crippen LogP contribution in [-0.4, -0.2) is 22.8 Å². The van der Waals surface area contributed by atoms with Gasteiger partial charge in [-0.05, 0) is 33.3 Å². The van der Waals surface area contributed by atoms with E-state index in [1.165, 1.54) is 0 Å². The van der Waals surface area contributed by atoms with E-state index in [0.717, 1.165) is 5.56 Å². The molecule has 1 aromatic rings. The lowest BCUT2D eigenvalue weighted by atomic mass is 10.0. The van der Waals surface area contributed by atoms with Crippen molar-refractivity contribution in [3.63, 3.8) is 0 Å². The Morgan fingerprint density at radius 1 is 1.20 bits per heavy atom. The lowest BCUT2D eigenvalue weighted by molar-refractivity contribution is 0.0436. The van der Waals surface area contributed by atoms with Crippen LogP contribution in [0.4, 0.5) is 4.79 Å². The number of alkyl carbamates (subject to hydrolysis) is 1. The topological polar surface area (TPSA) is 58.6 Å². The maximum Gasteiger partial charge on any atom is 0.407 e. The highest BCUT2D eigenvalue weighted by Crippen LogP contribution is 2.16. The Kier molecular flexibility index (Phi) is 7.92. The monoisotopic (exact) mass is 281 g/mol. The SMILES string of the molecule is CC.CC(NC(=O)OC(C)(C)C)C(O)c1ccccc1. The minimum Gasteiger partial charge on any atom is -0.444 e. The van der Waals surface area contributed by atoms with Crippen LogP contribution < -0.4 is 5.32 Å². The Morgan fingerprint density at radius 3 is 2.15 bits per heavy atom. The van der Waals surface area contributed by atoms with Gasteiger partial charge in [0.2, 0.25) is 0 Å². The Hall–Kier alpha value is -1.55. The molecule has 0 saturated carbocycles. The minimum atomic E-state index is -0.751. The van der Waals surface area contributed by atoms with Gasteiger partial charge in [-0.25, -0.2) is 4.79 Å². The standard InChI is InChI=1S/C14H21NO3.C2H6/c1-10(15-13(17)18-14(2,3)4)12(16)11-8-6-5-7-9-11;1-2/h5-10,12,16H,1-4H3,(H,15,17);1-2H3. The van der Waals surface area contributed by atoms with Gasteiger partial charge in [-0.3, -0.25) is 0 Å². The van der Waals surface area contributed by atoms with Gasteiger partial charge < -0.3 is 15.2 Å². The molecule has 114 valence electrons. The fraction of sp³-hybridized carbons (Fsp3) is 0.562. The summed E-state index contributed by atoms with van der Waals surface area (Å²) in [6.45, 7) is 11.1. The summed E-state index contributed by atoms with van der Waals surface area (Å²) < 4.78 is 5.13. The number of nitrogens with one attached hydrogen (secondary N) is 1. The Labute approximate surface area is 122 Å². The molecule has 0 heterocycles. The second-order valence-electron chi connectivity index (χ2n) is 5.29. The molecule has 0 aliphatic carbocycles. The molecule has 20 heavy (non-hydrogen) atoms. The van der Waals surface area contributed by atoms with Gasteiger partial charge in [-0.2, -0.15) is 0 Å². The number of rotatable bonds is 3. The first-order valence-corrected chi connectivity index (χ1v) is 7.02. The van der Waals surface area contributed by atoms with Crippen LogP contribution in [-0.2, 0) is 4.74 Å². The van der Waals surface area contributed by atoms with Gasteiger partial charge in [0.05, 0.1) is 12.1 Å². The molecule has 0 radical (unpaired) electrons. The van der Waals surface area contributed by atoms with Gasteiger partial charge in [0, 0.05) is 0 Å². The molecular weight excluding hydrogens is 254 g/mol. The maximum absolute atomic E-state index is 11.6. The molecule has 4 nitrogen and oxygen atoms in total. The van der Waals surface area contributed by atoms with Crippen molar-refractivity contribution in [3.05, 3.63) is 35.9 Å². The second kappa shape index (κ2) is 8.59. The van der Waals surface area contributed by atoms with Gasteiger partial charge in [0.25, 0.3) is 0 Å². The van der Waals surface area contributed by atoms with E-state index in [2.05, 4.69) is 5.32 Å². The normalized spacial score (nSPS) is 13.6. The van der Waals surface area contributed by atoms with E-state index in [1.807, 2.05) is 44.2 Å². The van der Waals surface area contributed by atoms with E-state index >= 15 is 0 Å². The first kappa shape index (κ1) is 18.4. The molecule has 0 saturated heterocycles. The van der Waals surface area contributed by atoms with E-state index < -0.39 is 23.8 Å². The predicted molar refractivity (Wildman–Crippen MR) is 81.6 cm³/mol. The Morgan fingerprint density at radius 2 is 1.70 bits per heavy atom. The van der Waals surface area contributed by atoms with E-state index in [9.17, 15) is 9.90 Å². The van der Waals surface area contributed by atoms with Crippen LogP contribution in [0.1, 0.15) is 53.2 Å². The molecule has 0 spiro atoms. The van der Waals surface area contributed by atoms with E-state index in [1.54, 1.807) is 27.7 Å². The molecule has 0 aliphatic rings. The molecule has 2 N–H and O–H groups in total. The largest absolute Gasteiger partial charge is 0.444 e. The zero-order valence-corrected chi connectivity index (χ0v) is 13.3. The van der Waals surface area contributed by atoms with Crippen molar-refractivity contribution in [3.8, 4) is 0 Å². The third kappa shape index (κ3) is 7.14. The van der Waals surface area contributed by atoms with Gasteiger partial charge in [0.1, 0.15) is 5.60 Å². The highest BCUT2D eigenvalue weighted by atomic mass is 16.6. The zero-order chi connectivity index (χ0) is 15.8. The highest BCUT2D eigenvalue weighted by molar-refractivity contribution is 5.68. The lowest BCUT2D eigenvalue weighted by Gasteiger charge is -2.24. The number of ether oxygens (including phenoxy) is 1. The summed E-state index contributed by atoms with van der Waals surface area (Å²) in [5.41, 5.74) is 0.225. The predicted octanol–water partition coefficient (Wildman–Crippen LogP) is 3.66. The quantitative estimate of drug-likeness (QED) is 0.889. The molecule has 0 aliphatic heterocycles. The van der Waals surface area contributed by atoms with Crippen LogP contribution in [0.5, 0.6) is 0 Å². The van der Waals surface area contributed by atoms with Crippen molar-refractivity contribution in [1.82, 2.24) is 5.32 Å². The molecule has 2 unspecified atom stereocenters. The molecule has 1 rings (SSSR count). The van der Waals surface area contributed by atoms with E-state index in [0.29, 0.717) is 0 Å². The number of benzene rings is 1. The second-order valence-corrected chi connectivity index (χ2v) is 5.29. The first-order valence-electron chi connectivity index (χ1n) is 7.02. The van der Waals surface area contributed by atoms with Crippen LogP contribution in [0.25, 0.3) is 0 Å². The minimum absolute atomic E-state index is 0.415. The molecule has 0 aromatic heterocycles. The number of hydrogen-bond acceptors (Lipinski definition) is 3. The molecular formula is C16H27NO3.